The Morgan fingerprint density at radius 2 is 0.804 bits per heavy atom. The number of fused-ring (bicyclic) bond motifs is 3. The highest BCUT2D eigenvalue weighted by atomic mass is 15.1. The monoisotopic (exact) mass is 649 g/mol. The number of benzene rings is 9. The summed E-state index contributed by atoms with van der Waals surface area (Å²) in [6.07, 6.45) is 0. The molecule has 240 valence electrons. The molecule has 0 radical (unpaired) electrons. The predicted octanol–water partition coefficient (Wildman–Crippen LogP) is 14.1. The van der Waals surface area contributed by atoms with Crippen molar-refractivity contribution in [3.8, 4) is 44.5 Å². The van der Waals surface area contributed by atoms with Crippen LogP contribution in [-0.4, -0.2) is 0 Å². The third-order valence-corrected chi connectivity index (χ3v) is 9.85. The summed E-state index contributed by atoms with van der Waals surface area (Å²) in [5, 5.41) is 5.07. The highest BCUT2D eigenvalue weighted by Crippen LogP contribution is 2.44. The molecule has 0 aliphatic rings. The molecule has 0 bridgehead atoms. The molecular formula is C50H35N. The molecule has 9 aromatic rings. The maximum atomic E-state index is 2.41. The molecule has 0 spiro atoms. The lowest BCUT2D eigenvalue weighted by Gasteiger charge is -2.29. The number of hydrogen-bond donors (Lipinski definition) is 0. The van der Waals surface area contributed by atoms with Gasteiger partial charge in [0.25, 0.3) is 0 Å². The Hall–Kier alpha value is -6.70. The first-order chi connectivity index (χ1) is 25.3. The summed E-state index contributed by atoms with van der Waals surface area (Å²) in [5.74, 6) is 0. The fraction of sp³-hybridized carbons (Fsp3) is 0. The number of hydrogen-bond acceptors (Lipinski definition) is 1. The van der Waals surface area contributed by atoms with Gasteiger partial charge >= 0.3 is 0 Å². The van der Waals surface area contributed by atoms with E-state index in [4.69, 9.17) is 0 Å². The van der Waals surface area contributed by atoms with Gasteiger partial charge in [0.15, 0.2) is 0 Å². The fourth-order valence-electron chi connectivity index (χ4n) is 7.36. The zero-order valence-electron chi connectivity index (χ0n) is 28.2. The van der Waals surface area contributed by atoms with Gasteiger partial charge < -0.3 is 4.90 Å². The number of anilines is 3. The molecule has 0 unspecified atom stereocenters. The van der Waals surface area contributed by atoms with Gasteiger partial charge in [0.2, 0.25) is 0 Å². The average Bonchev–Trinajstić information content (AvgIpc) is 3.22. The normalized spacial score (nSPS) is 11.1. The first kappa shape index (κ1) is 30.4. The van der Waals surface area contributed by atoms with Crippen LogP contribution in [0.2, 0.25) is 0 Å². The van der Waals surface area contributed by atoms with Crippen LogP contribution in [-0.2, 0) is 0 Å². The van der Waals surface area contributed by atoms with Crippen LogP contribution in [0.15, 0.2) is 212 Å². The standard InChI is InChI=1S/C50H35N/c1-4-14-36(15-5-1)42-22-12-23-45(34-42)51(49-33-30-43(37-16-6-2-7-17-37)35-48(49)38-18-8-3-9-19-38)44-31-28-40(29-32-44)47-25-13-21-41-27-26-39-20-10-11-24-46(39)50(41)47/h1-35H. The zero-order valence-corrected chi connectivity index (χ0v) is 28.2. The molecule has 1 nitrogen and oxygen atoms in total. The second-order valence-corrected chi connectivity index (χ2v) is 13.0. The van der Waals surface area contributed by atoms with E-state index in [1.54, 1.807) is 0 Å². The van der Waals surface area contributed by atoms with E-state index in [0.29, 0.717) is 0 Å². The van der Waals surface area contributed by atoms with Crippen molar-refractivity contribution in [2.45, 2.75) is 0 Å². The average molecular weight is 650 g/mol. The minimum Gasteiger partial charge on any atom is -0.310 e. The van der Waals surface area contributed by atoms with Crippen molar-refractivity contribution < 1.29 is 0 Å². The van der Waals surface area contributed by atoms with Gasteiger partial charge in [0.05, 0.1) is 5.69 Å². The Morgan fingerprint density at radius 3 is 1.53 bits per heavy atom. The Labute approximate surface area is 299 Å². The minimum atomic E-state index is 1.10. The summed E-state index contributed by atoms with van der Waals surface area (Å²) in [7, 11) is 0. The maximum Gasteiger partial charge on any atom is 0.0540 e. The quantitative estimate of drug-likeness (QED) is 0.155. The summed E-state index contributed by atoms with van der Waals surface area (Å²) in [6, 6.07) is 76.6. The smallest absolute Gasteiger partial charge is 0.0540 e. The van der Waals surface area contributed by atoms with Crippen molar-refractivity contribution >= 4 is 38.6 Å². The van der Waals surface area contributed by atoms with Crippen molar-refractivity contribution in [3.05, 3.63) is 212 Å². The first-order valence-corrected chi connectivity index (χ1v) is 17.5. The van der Waals surface area contributed by atoms with Crippen molar-refractivity contribution in [1.29, 1.82) is 0 Å². The predicted molar refractivity (Wildman–Crippen MR) is 218 cm³/mol. The lowest BCUT2D eigenvalue weighted by Crippen LogP contribution is -2.11. The topological polar surface area (TPSA) is 3.24 Å². The molecule has 0 aliphatic carbocycles. The highest BCUT2D eigenvalue weighted by Gasteiger charge is 2.19. The molecule has 0 aliphatic heterocycles. The van der Waals surface area contributed by atoms with Gasteiger partial charge in [-0.1, -0.05) is 176 Å². The molecule has 9 aromatic carbocycles. The Morgan fingerprint density at radius 1 is 0.275 bits per heavy atom. The van der Waals surface area contributed by atoms with E-state index in [1.165, 1.54) is 66.1 Å². The summed E-state index contributed by atoms with van der Waals surface area (Å²) in [4.78, 5) is 2.41. The van der Waals surface area contributed by atoms with E-state index >= 15 is 0 Å². The molecule has 9 rings (SSSR count). The third-order valence-electron chi connectivity index (χ3n) is 9.85. The molecule has 0 saturated heterocycles. The lowest BCUT2D eigenvalue weighted by molar-refractivity contribution is 1.28. The van der Waals surface area contributed by atoms with Gasteiger partial charge in [-0.05, 0) is 96.9 Å². The van der Waals surface area contributed by atoms with Crippen molar-refractivity contribution in [2.75, 3.05) is 4.90 Å². The van der Waals surface area contributed by atoms with Crippen LogP contribution < -0.4 is 4.90 Å². The third kappa shape index (κ3) is 5.86. The Bertz CT molecular complexity index is 2610. The number of rotatable bonds is 7. The molecule has 0 heterocycles. The molecule has 1 heteroatoms. The van der Waals surface area contributed by atoms with Crippen LogP contribution in [0.3, 0.4) is 0 Å². The van der Waals surface area contributed by atoms with Gasteiger partial charge in [-0.15, -0.1) is 0 Å². The molecule has 0 amide bonds. The van der Waals surface area contributed by atoms with Gasteiger partial charge in [0.1, 0.15) is 0 Å². The van der Waals surface area contributed by atoms with Crippen LogP contribution >= 0.6 is 0 Å². The second kappa shape index (κ2) is 13.3. The molecule has 0 N–H and O–H groups in total. The van der Waals surface area contributed by atoms with E-state index < -0.39 is 0 Å². The molecule has 0 aromatic heterocycles. The summed E-state index contributed by atoms with van der Waals surface area (Å²) in [5.41, 5.74) is 12.9. The minimum absolute atomic E-state index is 1.10. The Balaban J connectivity index is 1.23. The van der Waals surface area contributed by atoms with Gasteiger partial charge in [-0.3, -0.25) is 0 Å². The van der Waals surface area contributed by atoms with Crippen LogP contribution in [0, 0.1) is 0 Å². The SMILES string of the molecule is c1ccc(-c2cccc(N(c3ccc(-c4cccc5ccc6ccccc6c45)cc3)c3ccc(-c4ccccc4)cc3-c3ccccc3)c2)cc1. The summed E-state index contributed by atoms with van der Waals surface area (Å²) < 4.78 is 0. The van der Waals surface area contributed by atoms with Crippen LogP contribution in [0.4, 0.5) is 17.1 Å². The molecule has 0 atom stereocenters. The van der Waals surface area contributed by atoms with Crippen molar-refractivity contribution in [1.82, 2.24) is 0 Å². The first-order valence-electron chi connectivity index (χ1n) is 17.5. The van der Waals surface area contributed by atoms with E-state index in [0.717, 1.165) is 17.1 Å². The van der Waals surface area contributed by atoms with E-state index in [2.05, 4.69) is 217 Å². The van der Waals surface area contributed by atoms with Crippen LogP contribution in [0.1, 0.15) is 0 Å². The summed E-state index contributed by atoms with van der Waals surface area (Å²) in [6.45, 7) is 0. The van der Waals surface area contributed by atoms with Gasteiger partial charge in [0, 0.05) is 16.9 Å². The Kier molecular flexibility index (Phi) is 7.92. The number of nitrogens with zero attached hydrogens (tertiary/aromatic N) is 1. The van der Waals surface area contributed by atoms with Gasteiger partial charge in [-0.2, -0.15) is 0 Å². The lowest BCUT2D eigenvalue weighted by atomic mass is 9.93. The highest BCUT2D eigenvalue weighted by molar-refractivity contribution is 6.14. The second-order valence-electron chi connectivity index (χ2n) is 13.0. The summed E-state index contributed by atoms with van der Waals surface area (Å²) >= 11 is 0. The zero-order chi connectivity index (χ0) is 34.0. The molecular weight excluding hydrogens is 615 g/mol. The molecule has 0 fully saturated rings. The molecule has 0 saturated carbocycles. The van der Waals surface area contributed by atoms with E-state index in [-0.39, 0.29) is 0 Å². The van der Waals surface area contributed by atoms with Gasteiger partial charge in [-0.25, -0.2) is 0 Å². The molecule has 51 heavy (non-hydrogen) atoms. The van der Waals surface area contributed by atoms with E-state index in [1.807, 2.05) is 0 Å². The largest absolute Gasteiger partial charge is 0.310 e. The van der Waals surface area contributed by atoms with Crippen LogP contribution in [0.5, 0.6) is 0 Å². The van der Waals surface area contributed by atoms with E-state index in [9.17, 15) is 0 Å². The van der Waals surface area contributed by atoms with Crippen LogP contribution in [0.25, 0.3) is 66.1 Å². The van der Waals surface area contributed by atoms with Crippen molar-refractivity contribution in [3.63, 3.8) is 0 Å². The maximum absolute atomic E-state index is 2.41. The fourth-order valence-corrected chi connectivity index (χ4v) is 7.36. The van der Waals surface area contributed by atoms with Crippen molar-refractivity contribution in [2.24, 2.45) is 0 Å².